The van der Waals surface area contributed by atoms with Crippen LogP contribution in [0.5, 0.6) is 11.5 Å². The maximum Gasteiger partial charge on any atom is 0.251 e. The van der Waals surface area contributed by atoms with Gasteiger partial charge in [0.15, 0.2) is 12.1 Å². The number of guanidine groups is 1. The first-order valence-corrected chi connectivity index (χ1v) is 14.2. The molecule has 5 rings (SSSR count). The molecular weight excluding hydrogens is 538 g/mol. The summed E-state index contributed by atoms with van der Waals surface area (Å²) in [6.07, 6.45) is 0.839. The van der Waals surface area contributed by atoms with Crippen molar-refractivity contribution < 1.29 is 28.8 Å². The normalized spacial score (nSPS) is 23.8. The molecular formula is C31H37N5O6. The van der Waals surface area contributed by atoms with E-state index in [0.717, 1.165) is 5.56 Å². The average Bonchev–Trinajstić information content (AvgIpc) is 2.98. The van der Waals surface area contributed by atoms with E-state index in [1.165, 1.54) is 12.0 Å². The number of ether oxygens (including phenoxy) is 2. The minimum Gasteiger partial charge on any atom is -0.493 e. The van der Waals surface area contributed by atoms with Crippen LogP contribution in [0.25, 0.3) is 0 Å². The number of aliphatic imine (C=N–C) groups is 1. The molecule has 3 aliphatic heterocycles. The molecule has 0 aromatic heterocycles. The number of nitrogens with one attached hydrogen (secondary N) is 1. The number of amides is 2. The minimum absolute atomic E-state index is 0.0983. The van der Waals surface area contributed by atoms with Gasteiger partial charge in [0.2, 0.25) is 5.91 Å². The van der Waals surface area contributed by atoms with Gasteiger partial charge >= 0.3 is 0 Å². The molecule has 3 heterocycles. The average molecular weight is 576 g/mol. The summed E-state index contributed by atoms with van der Waals surface area (Å²) < 4.78 is 11.9. The van der Waals surface area contributed by atoms with Crippen LogP contribution in [-0.4, -0.2) is 54.6 Å². The standard InChI is InChI=1S/C31H37N5O6/c1-6-31(7-2)14-25(37)36(29(33)35-31)26-20-13-19(9-11-22(20)40-16-24(26)42-39-5)28(38)34-27-21-12-18(15-32)8-10-23(21)41-17-30(27,3)4/h8-13,24,26-27H,6-7,14,16-17H2,1-5H3,(H2,33,35)(H,34,38)/t24-,26+,27-/m1/s1. The first kappa shape index (κ1) is 29.4. The zero-order valence-corrected chi connectivity index (χ0v) is 24.6. The molecule has 42 heavy (non-hydrogen) atoms. The second-order valence-corrected chi connectivity index (χ2v) is 11.7. The number of nitrogens with two attached hydrogens (primary N) is 1. The van der Waals surface area contributed by atoms with Crippen LogP contribution in [0.2, 0.25) is 0 Å². The lowest BCUT2D eigenvalue weighted by Gasteiger charge is -2.43. The van der Waals surface area contributed by atoms with Crippen molar-refractivity contribution in [1.29, 1.82) is 5.26 Å². The van der Waals surface area contributed by atoms with E-state index < -0.39 is 29.1 Å². The molecule has 0 saturated carbocycles. The Morgan fingerprint density at radius 3 is 2.55 bits per heavy atom. The number of hydrogen-bond donors (Lipinski definition) is 2. The first-order valence-electron chi connectivity index (χ1n) is 14.2. The van der Waals surface area contributed by atoms with Crippen molar-refractivity contribution >= 4 is 17.8 Å². The molecule has 2 amide bonds. The molecule has 0 saturated heterocycles. The number of nitrogens with zero attached hydrogens (tertiary/aromatic N) is 3. The summed E-state index contributed by atoms with van der Waals surface area (Å²) >= 11 is 0. The van der Waals surface area contributed by atoms with E-state index in [2.05, 4.69) is 11.4 Å². The third-order valence-electron chi connectivity index (χ3n) is 8.61. The number of benzene rings is 2. The van der Waals surface area contributed by atoms with Gasteiger partial charge < -0.3 is 20.5 Å². The van der Waals surface area contributed by atoms with Gasteiger partial charge in [-0.15, -0.1) is 0 Å². The van der Waals surface area contributed by atoms with Crippen molar-refractivity contribution in [3.05, 3.63) is 58.7 Å². The molecule has 0 spiro atoms. The second-order valence-electron chi connectivity index (χ2n) is 11.7. The van der Waals surface area contributed by atoms with Gasteiger partial charge in [0.25, 0.3) is 5.91 Å². The summed E-state index contributed by atoms with van der Waals surface area (Å²) in [6, 6.07) is 11.3. The van der Waals surface area contributed by atoms with Crippen LogP contribution in [0, 0.1) is 16.7 Å². The maximum atomic E-state index is 13.8. The highest BCUT2D eigenvalue weighted by molar-refractivity contribution is 6.00. The van der Waals surface area contributed by atoms with Gasteiger partial charge in [-0.3, -0.25) is 14.5 Å². The van der Waals surface area contributed by atoms with E-state index in [0.29, 0.717) is 47.6 Å². The molecule has 222 valence electrons. The van der Waals surface area contributed by atoms with E-state index in [-0.39, 0.29) is 30.8 Å². The third kappa shape index (κ3) is 5.16. The Kier molecular flexibility index (Phi) is 7.88. The number of carbonyl (C=O) groups is 2. The SMILES string of the molecule is CCC1(CC)CC(=O)N([C@H]2c3cc(C(=O)N[C@@H]4c5cc(C#N)ccc5OCC4(C)C)ccc3OC[C@H]2OOC)C(N)=N1. The largest absolute Gasteiger partial charge is 0.493 e. The maximum absolute atomic E-state index is 13.8. The lowest BCUT2D eigenvalue weighted by Crippen LogP contribution is -2.56. The van der Waals surface area contributed by atoms with Crippen LogP contribution in [-0.2, 0) is 14.6 Å². The van der Waals surface area contributed by atoms with Crippen molar-refractivity contribution in [1.82, 2.24) is 10.2 Å². The smallest absolute Gasteiger partial charge is 0.251 e. The topological polar surface area (TPSA) is 148 Å². The van der Waals surface area contributed by atoms with Gasteiger partial charge in [0, 0.05) is 22.1 Å². The van der Waals surface area contributed by atoms with E-state index in [9.17, 15) is 14.9 Å². The number of rotatable bonds is 7. The molecule has 0 fully saturated rings. The van der Waals surface area contributed by atoms with E-state index in [4.69, 9.17) is 30.0 Å². The molecule has 2 aromatic carbocycles. The Bertz CT molecular complexity index is 1460. The number of fused-ring (bicyclic) bond motifs is 2. The Hall–Kier alpha value is -4.14. The Morgan fingerprint density at radius 1 is 1.17 bits per heavy atom. The molecule has 2 aromatic rings. The van der Waals surface area contributed by atoms with Gasteiger partial charge in [-0.05, 0) is 49.2 Å². The summed E-state index contributed by atoms with van der Waals surface area (Å²) in [5.74, 6) is 0.720. The Morgan fingerprint density at radius 2 is 1.88 bits per heavy atom. The van der Waals surface area contributed by atoms with E-state index in [1.54, 1.807) is 36.4 Å². The van der Waals surface area contributed by atoms with E-state index >= 15 is 0 Å². The lowest BCUT2D eigenvalue weighted by molar-refractivity contribution is -0.319. The highest BCUT2D eigenvalue weighted by atomic mass is 17.2. The van der Waals surface area contributed by atoms with Crippen LogP contribution in [0.15, 0.2) is 41.4 Å². The van der Waals surface area contributed by atoms with Crippen LogP contribution >= 0.6 is 0 Å². The zero-order chi connectivity index (χ0) is 30.2. The number of nitriles is 1. The van der Waals surface area contributed by atoms with Gasteiger partial charge in [-0.25, -0.2) is 14.8 Å². The molecule has 0 radical (unpaired) electrons. The van der Waals surface area contributed by atoms with Crippen molar-refractivity contribution in [3.63, 3.8) is 0 Å². The minimum atomic E-state index is -0.733. The fourth-order valence-corrected chi connectivity index (χ4v) is 6.04. The molecule has 3 atom stereocenters. The monoisotopic (exact) mass is 575 g/mol. The van der Waals surface area contributed by atoms with E-state index in [1.807, 2.05) is 27.7 Å². The summed E-state index contributed by atoms with van der Waals surface area (Å²) in [6.45, 7) is 8.48. The summed E-state index contributed by atoms with van der Waals surface area (Å²) in [7, 11) is 1.39. The summed E-state index contributed by atoms with van der Waals surface area (Å²) in [5.41, 5.74) is 7.60. The van der Waals surface area contributed by atoms with Crippen molar-refractivity contribution in [3.8, 4) is 17.6 Å². The molecule has 0 bridgehead atoms. The van der Waals surface area contributed by atoms with Gasteiger partial charge in [-0.1, -0.05) is 27.7 Å². The number of carbonyl (C=O) groups excluding carboxylic acids is 2. The lowest BCUT2D eigenvalue weighted by atomic mass is 9.78. The van der Waals surface area contributed by atoms with Crippen LogP contribution in [0.3, 0.4) is 0 Å². The van der Waals surface area contributed by atoms with Crippen LogP contribution < -0.4 is 20.5 Å². The van der Waals surface area contributed by atoms with Gasteiger partial charge in [-0.2, -0.15) is 5.26 Å². The van der Waals surface area contributed by atoms with Crippen molar-refractivity contribution in [2.75, 3.05) is 20.3 Å². The Balaban J connectivity index is 1.52. The van der Waals surface area contributed by atoms with Crippen molar-refractivity contribution in [2.45, 2.75) is 70.7 Å². The molecule has 3 N–H and O–H groups in total. The molecule has 11 nitrogen and oxygen atoms in total. The van der Waals surface area contributed by atoms with Crippen LogP contribution in [0.4, 0.5) is 0 Å². The number of hydrogen-bond acceptors (Lipinski definition) is 9. The summed E-state index contributed by atoms with van der Waals surface area (Å²) in [4.78, 5) is 44.2. The molecule has 0 unspecified atom stereocenters. The Labute approximate surface area is 245 Å². The molecule has 3 aliphatic rings. The molecule has 11 heteroatoms. The third-order valence-corrected chi connectivity index (χ3v) is 8.61. The highest BCUT2D eigenvalue weighted by Crippen LogP contribution is 2.44. The predicted octanol–water partition coefficient (Wildman–Crippen LogP) is 3.93. The van der Waals surface area contributed by atoms with Gasteiger partial charge in [0.05, 0.1) is 43.4 Å². The quantitative estimate of drug-likeness (QED) is 0.373. The van der Waals surface area contributed by atoms with Crippen LogP contribution in [0.1, 0.15) is 86.1 Å². The fraction of sp³-hybridized carbons (Fsp3) is 0.484. The molecule has 0 aliphatic carbocycles. The highest BCUT2D eigenvalue weighted by Gasteiger charge is 2.46. The summed E-state index contributed by atoms with van der Waals surface area (Å²) in [5, 5.41) is 12.6. The van der Waals surface area contributed by atoms with Crippen molar-refractivity contribution in [2.24, 2.45) is 16.1 Å². The first-order chi connectivity index (χ1) is 20.1. The second kappa shape index (κ2) is 11.3. The predicted molar refractivity (Wildman–Crippen MR) is 154 cm³/mol. The zero-order valence-electron chi connectivity index (χ0n) is 24.6. The van der Waals surface area contributed by atoms with Gasteiger partial charge in [0.1, 0.15) is 24.1 Å². The fourth-order valence-electron chi connectivity index (χ4n) is 6.04.